The molecule has 6 nitrogen and oxygen atoms in total. The quantitative estimate of drug-likeness (QED) is 0.550. The molecule has 0 aliphatic rings. The molecule has 0 saturated carbocycles. The number of aliphatic hydroxyl groups excluding tert-OH is 1. The zero-order chi connectivity index (χ0) is 16.4. The van der Waals surface area contributed by atoms with Crippen molar-refractivity contribution in [1.82, 2.24) is 0 Å². The molecule has 2 aromatic rings. The summed E-state index contributed by atoms with van der Waals surface area (Å²) >= 11 is 0. The molecule has 0 unspecified atom stereocenters. The molecule has 7 heteroatoms. The summed E-state index contributed by atoms with van der Waals surface area (Å²) in [5, 5.41) is 25.7. The van der Waals surface area contributed by atoms with E-state index in [-0.39, 0.29) is 37.4 Å². The molecule has 0 atom stereocenters. The van der Waals surface area contributed by atoms with Crippen LogP contribution in [-0.4, -0.2) is 41.6 Å². The van der Waals surface area contributed by atoms with Crippen molar-refractivity contribution >= 4 is 5.97 Å². The van der Waals surface area contributed by atoms with Gasteiger partial charge in [-0.25, -0.2) is 4.79 Å². The predicted octanol–water partition coefficient (Wildman–Crippen LogP) is 1.95. The van der Waals surface area contributed by atoms with Crippen LogP contribution >= 0.6 is 0 Å². The minimum atomic E-state index is -1.13. The van der Waals surface area contributed by atoms with Crippen molar-refractivity contribution in [2.45, 2.75) is 0 Å². The first-order chi connectivity index (χ1) is 10.6. The normalized spacial score (nSPS) is 8.96. The van der Waals surface area contributed by atoms with Gasteiger partial charge < -0.3 is 24.8 Å². The van der Waals surface area contributed by atoms with Gasteiger partial charge in [0.2, 0.25) is 0 Å². The van der Waals surface area contributed by atoms with Gasteiger partial charge in [0.25, 0.3) is 0 Å². The van der Waals surface area contributed by atoms with E-state index in [0.717, 1.165) is 11.5 Å². The number of phenols is 1. The van der Waals surface area contributed by atoms with Crippen LogP contribution in [0.25, 0.3) is 0 Å². The summed E-state index contributed by atoms with van der Waals surface area (Å²) in [6.07, 6.45) is 0. The number of aromatic carboxylic acids is 1. The second-order valence-electron chi connectivity index (χ2n) is 4.00. The van der Waals surface area contributed by atoms with E-state index < -0.39 is 5.97 Å². The van der Waals surface area contributed by atoms with Gasteiger partial charge in [0, 0.05) is 25.2 Å². The number of carboxylic acid groups (broad SMARTS) is 1. The molecule has 0 spiro atoms. The van der Waals surface area contributed by atoms with Crippen molar-refractivity contribution in [2.24, 2.45) is 0 Å². The SMILES string of the molecule is COc1ccc(OCCO)cc1.O=C(O)c1cc[c-]cc1O.[Zn]. The fourth-order valence-electron chi connectivity index (χ4n) is 1.44. The first-order valence-corrected chi connectivity index (χ1v) is 6.38. The Balaban J connectivity index is 0.000000409. The molecule has 0 heterocycles. The van der Waals surface area contributed by atoms with Crippen molar-refractivity contribution in [3.63, 3.8) is 0 Å². The Kier molecular flexibility index (Phi) is 10.4. The van der Waals surface area contributed by atoms with E-state index in [2.05, 4.69) is 6.07 Å². The molecule has 120 valence electrons. The predicted molar refractivity (Wildman–Crippen MR) is 79.5 cm³/mol. The molecule has 3 N–H and O–H groups in total. The number of carboxylic acids is 1. The first kappa shape index (κ1) is 20.9. The van der Waals surface area contributed by atoms with Crippen LogP contribution in [0, 0.1) is 6.07 Å². The van der Waals surface area contributed by atoms with Gasteiger partial charge in [-0.1, -0.05) is 0 Å². The molecule has 0 aliphatic carbocycles. The number of methoxy groups -OCH3 is 1. The molecular weight excluding hydrogens is 354 g/mol. The number of hydrogen-bond acceptors (Lipinski definition) is 5. The van der Waals surface area contributed by atoms with Crippen LogP contribution in [0.3, 0.4) is 0 Å². The fourth-order valence-corrected chi connectivity index (χ4v) is 1.44. The van der Waals surface area contributed by atoms with E-state index in [4.69, 9.17) is 24.8 Å². The van der Waals surface area contributed by atoms with E-state index in [0.29, 0.717) is 6.61 Å². The second kappa shape index (κ2) is 11.5. The van der Waals surface area contributed by atoms with Crippen molar-refractivity contribution in [1.29, 1.82) is 0 Å². The summed E-state index contributed by atoms with van der Waals surface area (Å²) in [6.45, 7) is 0.359. The van der Waals surface area contributed by atoms with Crippen LogP contribution in [0.4, 0.5) is 0 Å². The third-order valence-electron chi connectivity index (χ3n) is 2.49. The molecule has 0 amide bonds. The van der Waals surface area contributed by atoms with Gasteiger partial charge in [-0.3, -0.25) is 0 Å². The van der Waals surface area contributed by atoms with E-state index in [1.807, 2.05) is 12.1 Å². The Labute approximate surface area is 147 Å². The fraction of sp³-hybridized carbons (Fsp3) is 0.188. The van der Waals surface area contributed by atoms with Crippen molar-refractivity contribution in [3.8, 4) is 17.2 Å². The molecule has 0 bridgehead atoms. The molecular formula is C16H17O6Zn-. The molecule has 0 aromatic heterocycles. The van der Waals surface area contributed by atoms with E-state index >= 15 is 0 Å². The molecule has 0 radical (unpaired) electrons. The van der Waals surface area contributed by atoms with Crippen molar-refractivity contribution in [3.05, 3.63) is 54.1 Å². The maximum Gasteiger partial charge on any atom is 0.314 e. The van der Waals surface area contributed by atoms with Crippen molar-refractivity contribution in [2.75, 3.05) is 20.3 Å². The molecule has 0 fully saturated rings. The van der Waals surface area contributed by atoms with Gasteiger partial charge in [-0.2, -0.15) is 18.2 Å². The Hall–Kier alpha value is -2.11. The third-order valence-corrected chi connectivity index (χ3v) is 2.49. The van der Waals surface area contributed by atoms with Gasteiger partial charge in [0.15, 0.2) is 0 Å². The second-order valence-corrected chi connectivity index (χ2v) is 4.00. The smallest absolute Gasteiger partial charge is 0.314 e. The first-order valence-electron chi connectivity index (χ1n) is 6.38. The number of carbonyl (C=O) groups is 1. The number of aliphatic hydroxyl groups is 1. The number of rotatable bonds is 5. The maximum absolute atomic E-state index is 10.2. The summed E-state index contributed by atoms with van der Waals surface area (Å²) in [4.78, 5) is 10.2. The van der Waals surface area contributed by atoms with Crippen LogP contribution in [0.2, 0.25) is 0 Å². The zero-order valence-electron chi connectivity index (χ0n) is 12.7. The number of aromatic hydroxyl groups is 1. The van der Waals surface area contributed by atoms with Gasteiger partial charge in [-0.15, -0.1) is 6.07 Å². The van der Waals surface area contributed by atoms with Crippen LogP contribution in [0.15, 0.2) is 42.5 Å². The number of ether oxygens (including phenoxy) is 2. The molecule has 2 aromatic carbocycles. The Bertz CT molecular complexity index is 585. The number of hydrogen-bond donors (Lipinski definition) is 3. The van der Waals surface area contributed by atoms with Crippen LogP contribution in [0.5, 0.6) is 17.2 Å². The van der Waals surface area contributed by atoms with Gasteiger partial charge in [-0.05, 0) is 29.8 Å². The summed E-state index contributed by atoms with van der Waals surface area (Å²) in [6, 6.07) is 13.7. The van der Waals surface area contributed by atoms with Crippen LogP contribution in [-0.2, 0) is 19.5 Å². The number of benzene rings is 2. The maximum atomic E-state index is 10.2. The Morgan fingerprint density at radius 3 is 2.22 bits per heavy atom. The monoisotopic (exact) mass is 369 g/mol. The summed E-state index contributed by atoms with van der Waals surface area (Å²) in [5.41, 5.74) is -0.0984. The van der Waals surface area contributed by atoms with Gasteiger partial charge in [0.1, 0.15) is 18.1 Å². The molecule has 0 saturated heterocycles. The molecule has 2 rings (SSSR count). The summed E-state index contributed by atoms with van der Waals surface area (Å²) in [7, 11) is 1.61. The summed E-state index contributed by atoms with van der Waals surface area (Å²) < 4.78 is 10.1. The van der Waals surface area contributed by atoms with E-state index in [1.54, 1.807) is 19.2 Å². The zero-order valence-corrected chi connectivity index (χ0v) is 15.7. The van der Waals surface area contributed by atoms with Gasteiger partial charge in [0.05, 0.1) is 13.7 Å². The standard InChI is InChI=1S/C9H12O3.C7H5O3.Zn/c1-11-8-2-4-9(5-3-8)12-7-6-10;8-6-4-2-1-3-5(6)7(9)10;/h2-5,10H,6-7H2,1H3;1,3-4,8H,(H,9,10);/q;-1;. The summed E-state index contributed by atoms with van der Waals surface area (Å²) in [5.74, 6) is 0.151. The average molecular weight is 371 g/mol. The van der Waals surface area contributed by atoms with E-state index in [9.17, 15) is 4.79 Å². The molecule has 0 aliphatic heterocycles. The minimum absolute atomic E-state index is 0. The third kappa shape index (κ3) is 7.63. The van der Waals surface area contributed by atoms with Crippen molar-refractivity contribution < 1.29 is 49.1 Å². The Morgan fingerprint density at radius 1 is 1.17 bits per heavy atom. The average Bonchev–Trinajstić information content (AvgIpc) is 2.54. The molecule has 23 heavy (non-hydrogen) atoms. The van der Waals surface area contributed by atoms with Crippen LogP contribution in [0.1, 0.15) is 10.4 Å². The minimum Gasteiger partial charge on any atom is -0.565 e. The topological polar surface area (TPSA) is 96.2 Å². The van der Waals surface area contributed by atoms with E-state index in [1.165, 1.54) is 18.2 Å². The Morgan fingerprint density at radius 2 is 1.78 bits per heavy atom. The van der Waals surface area contributed by atoms with Crippen LogP contribution < -0.4 is 9.47 Å². The van der Waals surface area contributed by atoms with Gasteiger partial charge >= 0.3 is 5.97 Å². The largest absolute Gasteiger partial charge is 0.565 e.